The van der Waals surface area contributed by atoms with Gasteiger partial charge in [-0.1, -0.05) is 38.5 Å². The average molecular weight is 550 g/mol. The lowest BCUT2D eigenvalue weighted by molar-refractivity contribution is -0.142. The zero-order valence-electron chi connectivity index (χ0n) is 21.3. The zero-order valence-corrected chi connectivity index (χ0v) is 22.2. The van der Waals surface area contributed by atoms with E-state index in [9.17, 15) is 29.1 Å². The Morgan fingerprint density at radius 2 is 1.66 bits per heavy atom. The van der Waals surface area contributed by atoms with Crippen molar-refractivity contribution in [1.82, 2.24) is 20.9 Å². The molecule has 0 aliphatic heterocycles. The molecule has 0 radical (unpaired) electrons. The molecule has 0 saturated carbocycles. The lowest BCUT2D eigenvalue weighted by Crippen LogP contribution is -2.59. The number of carboxylic acids is 2. The maximum Gasteiger partial charge on any atom is 0.327 e. The van der Waals surface area contributed by atoms with E-state index in [1.54, 1.807) is 13.1 Å². The van der Waals surface area contributed by atoms with Gasteiger partial charge in [-0.25, -0.2) is 4.79 Å². The molecule has 0 aliphatic rings. The van der Waals surface area contributed by atoms with Crippen LogP contribution in [0.25, 0.3) is 10.9 Å². The number of amides is 3. The quantitative estimate of drug-likeness (QED) is 0.146. The Kier molecular flexibility index (Phi) is 11.6. The molecule has 13 heteroatoms. The third-order valence-corrected chi connectivity index (χ3v) is 6.69. The van der Waals surface area contributed by atoms with Crippen LogP contribution < -0.4 is 21.7 Å². The highest BCUT2D eigenvalue weighted by Gasteiger charge is 2.32. The van der Waals surface area contributed by atoms with Crippen molar-refractivity contribution < 1.29 is 34.2 Å². The lowest BCUT2D eigenvalue weighted by Gasteiger charge is -2.27. The van der Waals surface area contributed by atoms with Crippen molar-refractivity contribution in [1.29, 1.82) is 0 Å². The summed E-state index contributed by atoms with van der Waals surface area (Å²) in [5.41, 5.74) is 7.91. The number of carbonyl (C=O) groups excluding carboxylic acids is 3. The molecule has 1 heterocycles. The van der Waals surface area contributed by atoms with Crippen LogP contribution in [0.5, 0.6) is 0 Å². The summed E-state index contributed by atoms with van der Waals surface area (Å²) in [6.45, 7) is 3.56. The number of aromatic amines is 1. The Bertz CT molecular complexity index is 1150. The number of H-pyrrole nitrogens is 1. The molecule has 0 saturated heterocycles. The highest BCUT2D eigenvalue weighted by Crippen LogP contribution is 2.19. The number of carbonyl (C=O) groups is 5. The van der Waals surface area contributed by atoms with Crippen molar-refractivity contribution in [2.75, 3.05) is 5.75 Å². The number of aliphatic carboxylic acids is 2. The first-order valence-electron chi connectivity index (χ1n) is 12.3. The Hall–Kier alpha value is -3.58. The molecule has 8 N–H and O–H groups in total. The van der Waals surface area contributed by atoms with E-state index in [0.29, 0.717) is 6.42 Å². The van der Waals surface area contributed by atoms with Crippen LogP contribution in [-0.4, -0.2) is 74.8 Å². The van der Waals surface area contributed by atoms with Crippen LogP contribution in [-0.2, 0) is 30.4 Å². The number of thiol groups is 1. The second-order valence-corrected chi connectivity index (χ2v) is 9.48. The van der Waals surface area contributed by atoms with Gasteiger partial charge >= 0.3 is 11.9 Å². The van der Waals surface area contributed by atoms with E-state index in [4.69, 9.17) is 10.8 Å². The van der Waals surface area contributed by atoms with E-state index >= 15 is 0 Å². The van der Waals surface area contributed by atoms with Crippen LogP contribution in [0, 0.1) is 5.92 Å². The van der Waals surface area contributed by atoms with Crippen LogP contribution >= 0.6 is 12.6 Å². The van der Waals surface area contributed by atoms with Crippen LogP contribution in [0.2, 0.25) is 0 Å². The average Bonchev–Trinajstić information content (AvgIpc) is 3.29. The molecular formula is C25H35N5O7S. The molecule has 3 amide bonds. The van der Waals surface area contributed by atoms with Crippen molar-refractivity contribution in [3.05, 3.63) is 36.0 Å². The topological polar surface area (TPSA) is 204 Å². The first-order chi connectivity index (χ1) is 18.0. The fourth-order valence-electron chi connectivity index (χ4n) is 3.85. The molecule has 5 unspecified atom stereocenters. The van der Waals surface area contributed by atoms with Crippen LogP contribution in [0.1, 0.15) is 38.7 Å². The second-order valence-electron chi connectivity index (χ2n) is 9.12. The van der Waals surface area contributed by atoms with E-state index in [1.807, 2.05) is 31.2 Å². The number of hydrogen-bond acceptors (Lipinski definition) is 7. The first kappa shape index (κ1) is 30.6. The third kappa shape index (κ3) is 8.48. The molecule has 2 rings (SSSR count). The van der Waals surface area contributed by atoms with Gasteiger partial charge in [-0.3, -0.25) is 19.2 Å². The Balaban J connectivity index is 2.15. The predicted molar refractivity (Wildman–Crippen MR) is 144 cm³/mol. The molecule has 0 bridgehead atoms. The number of aromatic nitrogens is 1. The fraction of sp³-hybridized carbons (Fsp3) is 0.480. The molecule has 1 aromatic heterocycles. The van der Waals surface area contributed by atoms with Gasteiger partial charge in [0.1, 0.15) is 18.1 Å². The molecule has 5 atom stereocenters. The SMILES string of the molecule is CCC(C)C(NC(=O)C(N)Cc1c[nH]c2ccccc12)C(=O)NC(CCC(=O)O)C(=O)NC(CS)C(=O)O. The summed E-state index contributed by atoms with van der Waals surface area (Å²) < 4.78 is 0. The predicted octanol–water partition coefficient (Wildman–Crippen LogP) is 0.417. The Morgan fingerprint density at radius 3 is 2.26 bits per heavy atom. The molecule has 2 aromatic rings. The maximum absolute atomic E-state index is 13.2. The molecule has 0 spiro atoms. The van der Waals surface area contributed by atoms with Crippen LogP contribution in [0.15, 0.2) is 30.5 Å². The summed E-state index contributed by atoms with van der Waals surface area (Å²) in [5, 5.41) is 26.6. The van der Waals surface area contributed by atoms with Crippen LogP contribution in [0.4, 0.5) is 0 Å². The van der Waals surface area contributed by atoms with Gasteiger partial charge in [0, 0.05) is 29.3 Å². The Morgan fingerprint density at radius 1 is 1.00 bits per heavy atom. The van der Waals surface area contributed by atoms with Crippen molar-refractivity contribution >= 4 is 53.2 Å². The summed E-state index contributed by atoms with van der Waals surface area (Å²) in [6.07, 6.45) is 1.76. The minimum atomic E-state index is -1.34. The molecule has 38 heavy (non-hydrogen) atoms. The number of benzene rings is 1. The van der Waals surface area contributed by atoms with Gasteiger partial charge < -0.3 is 36.9 Å². The van der Waals surface area contributed by atoms with Crippen molar-refractivity contribution in [3.63, 3.8) is 0 Å². The van der Waals surface area contributed by atoms with Crippen molar-refractivity contribution in [3.8, 4) is 0 Å². The van der Waals surface area contributed by atoms with Crippen molar-refractivity contribution in [2.45, 2.75) is 63.7 Å². The molecule has 12 nitrogen and oxygen atoms in total. The van der Waals surface area contributed by atoms with E-state index in [-0.39, 0.29) is 24.5 Å². The largest absolute Gasteiger partial charge is 0.481 e. The minimum absolute atomic E-state index is 0.208. The van der Waals surface area contributed by atoms with Gasteiger partial charge in [-0.2, -0.15) is 12.6 Å². The molecular weight excluding hydrogens is 514 g/mol. The van der Waals surface area contributed by atoms with Crippen molar-refractivity contribution in [2.24, 2.45) is 11.7 Å². The molecule has 0 fully saturated rings. The Labute approximate surface area is 225 Å². The molecule has 1 aromatic carbocycles. The van der Waals surface area contributed by atoms with Gasteiger partial charge in [0.05, 0.1) is 6.04 Å². The van der Waals surface area contributed by atoms with E-state index in [2.05, 4.69) is 33.6 Å². The first-order valence-corrected chi connectivity index (χ1v) is 12.9. The minimum Gasteiger partial charge on any atom is -0.481 e. The van der Waals surface area contributed by atoms with Gasteiger partial charge in [-0.05, 0) is 30.4 Å². The number of rotatable bonds is 15. The molecule has 0 aliphatic carbocycles. The number of fused-ring (bicyclic) bond motifs is 1. The standard InChI is InChI=1S/C25H35N5O7S/c1-3-13(2)21(30-22(33)16(26)10-14-11-27-17-7-5-4-6-15(14)17)24(35)28-18(8-9-20(31)32)23(34)29-19(12-38)25(36)37/h4-7,11,13,16,18-19,21,27,38H,3,8-10,12,26H2,1-2H3,(H,28,35)(H,29,34)(H,30,33)(H,31,32)(H,36,37). The number of carboxylic acid groups (broad SMARTS) is 2. The van der Waals surface area contributed by atoms with Gasteiger partial charge in [-0.15, -0.1) is 0 Å². The smallest absolute Gasteiger partial charge is 0.327 e. The van der Waals surface area contributed by atoms with E-state index in [0.717, 1.165) is 16.5 Å². The maximum atomic E-state index is 13.2. The van der Waals surface area contributed by atoms with Gasteiger partial charge in [0.2, 0.25) is 17.7 Å². The number of para-hydroxylation sites is 1. The number of nitrogens with two attached hydrogens (primary N) is 1. The summed E-state index contributed by atoms with van der Waals surface area (Å²) in [6, 6.07) is 2.86. The number of nitrogens with one attached hydrogen (secondary N) is 4. The number of hydrogen-bond donors (Lipinski definition) is 8. The zero-order chi connectivity index (χ0) is 28.4. The fourth-order valence-corrected chi connectivity index (χ4v) is 4.10. The third-order valence-electron chi connectivity index (χ3n) is 6.32. The summed E-state index contributed by atoms with van der Waals surface area (Å²) in [7, 11) is 0. The normalized spacial score (nSPS) is 15.1. The summed E-state index contributed by atoms with van der Waals surface area (Å²) in [5.74, 6) is -5.24. The van der Waals surface area contributed by atoms with Crippen LogP contribution in [0.3, 0.4) is 0 Å². The highest BCUT2D eigenvalue weighted by atomic mass is 32.1. The van der Waals surface area contributed by atoms with E-state index in [1.165, 1.54) is 0 Å². The molecule has 208 valence electrons. The van der Waals surface area contributed by atoms with E-state index < -0.39 is 60.2 Å². The second kappa shape index (κ2) is 14.4. The summed E-state index contributed by atoms with van der Waals surface area (Å²) in [4.78, 5) is 64.4. The van der Waals surface area contributed by atoms with Gasteiger partial charge in [0.15, 0.2) is 0 Å². The lowest BCUT2D eigenvalue weighted by atomic mass is 9.96. The summed E-state index contributed by atoms with van der Waals surface area (Å²) >= 11 is 3.89. The monoisotopic (exact) mass is 549 g/mol. The highest BCUT2D eigenvalue weighted by molar-refractivity contribution is 7.80. The van der Waals surface area contributed by atoms with Gasteiger partial charge in [0.25, 0.3) is 0 Å².